The number of sulfone groups is 1. The van der Waals surface area contributed by atoms with Crippen molar-refractivity contribution in [2.24, 2.45) is 0 Å². The summed E-state index contributed by atoms with van der Waals surface area (Å²) in [5, 5.41) is 0. The number of halogens is 3. The first-order valence-electron chi connectivity index (χ1n) is 4.43. The molecule has 17 heavy (non-hydrogen) atoms. The predicted molar refractivity (Wildman–Crippen MR) is 54.8 cm³/mol. The zero-order valence-corrected chi connectivity index (χ0v) is 9.56. The molecule has 0 fully saturated rings. The number of benzene rings is 1. The molecule has 0 aliphatic rings. The second-order valence-corrected chi connectivity index (χ2v) is 5.25. The van der Waals surface area contributed by atoms with Gasteiger partial charge in [-0.25, -0.2) is 15.0 Å². The van der Waals surface area contributed by atoms with Gasteiger partial charge in [-0.2, -0.15) is 13.2 Å². The van der Waals surface area contributed by atoms with Gasteiger partial charge < -0.3 is 0 Å². The van der Waals surface area contributed by atoms with E-state index in [1.54, 1.807) is 0 Å². The monoisotopic (exact) mass is 263 g/mol. The highest BCUT2D eigenvalue weighted by molar-refractivity contribution is 7.91. The van der Waals surface area contributed by atoms with Crippen LogP contribution in [0.5, 0.6) is 0 Å². The Balaban J connectivity index is 3.59. The van der Waals surface area contributed by atoms with E-state index in [-0.39, 0.29) is 5.56 Å². The van der Waals surface area contributed by atoms with E-state index in [9.17, 15) is 21.6 Å². The molecule has 0 heterocycles. The fourth-order valence-electron chi connectivity index (χ4n) is 1.44. The van der Waals surface area contributed by atoms with Gasteiger partial charge in [-0.3, -0.25) is 4.85 Å². The molecular weight excluding hydrogens is 255 g/mol. The average Bonchev–Trinajstić information content (AvgIpc) is 2.15. The van der Waals surface area contributed by atoms with Gasteiger partial charge in [0.25, 0.3) is 9.84 Å². The van der Waals surface area contributed by atoms with Crippen LogP contribution in [-0.2, 0) is 16.0 Å². The molecule has 1 aromatic carbocycles. The van der Waals surface area contributed by atoms with Crippen LogP contribution in [0.2, 0.25) is 0 Å². The molecule has 0 spiro atoms. The number of aryl methyl sites for hydroxylation is 1. The molecule has 0 saturated carbocycles. The van der Waals surface area contributed by atoms with Crippen LogP contribution in [0.3, 0.4) is 0 Å². The maximum absolute atomic E-state index is 12.7. The highest BCUT2D eigenvalue weighted by atomic mass is 32.2. The summed E-state index contributed by atoms with van der Waals surface area (Å²) in [4.78, 5) is 1.84. The summed E-state index contributed by atoms with van der Waals surface area (Å²) in [5.74, 6) is -0.985. The van der Waals surface area contributed by atoms with Gasteiger partial charge in [-0.05, 0) is 18.6 Å². The van der Waals surface area contributed by atoms with Crippen molar-refractivity contribution in [1.29, 1.82) is 0 Å². The number of alkyl halides is 3. The molecule has 1 rings (SSSR count). The van der Waals surface area contributed by atoms with Gasteiger partial charge in [0.2, 0.25) is 0 Å². The van der Waals surface area contributed by atoms with E-state index in [0.717, 1.165) is 6.07 Å². The van der Waals surface area contributed by atoms with Crippen LogP contribution in [0.25, 0.3) is 4.85 Å². The molecule has 0 unspecified atom stereocenters. The van der Waals surface area contributed by atoms with Gasteiger partial charge in [0, 0.05) is 0 Å². The Labute approximate surface area is 96.6 Å². The van der Waals surface area contributed by atoms with Crippen molar-refractivity contribution in [3.8, 4) is 0 Å². The third-order valence-electron chi connectivity index (χ3n) is 2.06. The molecule has 0 aliphatic heterocycles. The highest BCUT2D eigenvalue weighted by Gasteiger charge is 2.38. The zero-order chi connectivity index (χ0) is 13.3. The van der Waals surface area contributed by atoms with Crippen LogP contribution < -0.4 is 0 Å². The quantitative estimate of drug-likeness (QED) is 0.769. The third-order valence-corrected chi connectivity index (χ3v) is 3.70. The minimum absolute atomic E-state index is 0.0107. The van der Waals surface area contributed by atoms with Gasteiger partial charge in [0.15, 0.2) is 0 Å². The lowest BCUT2D eigenvalue weighted by Crippen LogP contribution is -2.15. The normalized spacial score (nSPS) is 12.2. The zero-order valence-electron chi connectivity index (χ0n) is 8.75. The highest BCUT2D eigenvalue weighted by Crippen LogP contribution is 2.36. The molecule has 0 saturated heterocycles. The predicted octanol–water partition coefficient (Wildman–Crippen LogP) is 2.66. The Morgan fingerprint density at radius 2 is 1.94 bits per heavy atom. The molecule has 7 heteroatoms. The van der Waals surface area contributed by atoms with Crippen LogP contribution in [-0.4, -0.2) is 14.3 Å². The average molecular weight is 263 g/mol. The van der Waals surface area contributed by atoms with Gasteiger partial charge >= 0.3 is 12.1 Å². The summed E-state index contributed by atoms with van der Waals surface area (Å²) in [6.07, 6.45) is -4.75. The molecule has 0 bridgehead atoms. The summed E-state index contributed by atoms with van der Waals surface area (Å²) >= 11 is 0. The smallest absolute Gasteiger partial charge is 0.299 e. The largest absolute Gasteiger partial charge is 0.417 e. The van der Waals surface area contributed by atoms with E-state index in [2.05, 4.69) is 4.85 Å². The SMILES string of the molecule is [C-]#[N+]CS(=O)(=O)c1c(C)cccc1C(F)(F)F. The number of nitrogens with zero attached hydrogens (tertiary/aromatic N) is 1. The first-order valence-corrected chi connectivity index (χ1v) is 6.08. The number of hydrogen-bond acceptors (Lipinski definition) is 2. The van der Waals surface area contributed by atoms with Crippen LogP contribution in [0.1, 0.15) is 11.1 Å². The molecule has 0 aliphatic carbocycles. The Morgan fingerprint density at radius 1 is 1.35 bits per heavy atom. The van der Waals surface area contributed by atoms with Crippen molar-refractivity contribution >= 4 is 9.84 Å². The van der Waals surface area contributed by atoms with E-state index in [1.807, 2.05) is 0 Å². The Kier molecular flexibility index (Phi) is 3.48. The van der Waals surface area contributed by atoms with Crippen molar-refractivity contribution in [3.05, 3.63) is 40.7 Å². The Morgan fingerprint density at radius 3 is 2.41 bits per heavy atom. The van der Waals surface area contributed by atoms with Crippen molar-refractivity contribution in [2.75, 3.05) is 5.88 Å². The molecule has 0 amide bonds. The van der Waals surface area contributed by atoms with Crippen LogP contribution in [0.4, 0.5) is 13.2 Å². The second-order valence-electron chi connectivity index (χ2n) is 3.35. The van der Waals surface area contributed by atoms with Gasteiger partial charge in [-0.1, -0.05) is 12.1 Å². The topological polar surface area (TPSA) is 38.5 Å². The van der Waals surface area contributed by atoms with Gasteiger partial charge in [0.1, 0.15) is 0 Å². The first kappa shape index (κ1) is 13.5. The van der Waals surface area contributed by atoms with E-state index < -0.39 is 32.3 Å². The lowest BCUT2D eigenvalue weighted by Gasteiger charge is -2.13. The van der Waals surface area contributed by atoms with Gasteiger partial charge in [0.05, 0.1) is 10.5 Å². The third kappa shape index (κ3) is 2.77. The summed E-state index contributed by atoms with van der Waals surface area (Å²) in [6, 6.07) is 3.10. The van der Waals surface area contributed by atoms with Crippen molar-refractivity contribution < 1.29 is 21.6 Å². The van der Waals surface area contributed by atoms with Crippen LogP contribution in [0, 0.1) is 13.5 Å². The van der Waals surface area contributed by atoms with E-state index in [1.165, 1.54) is 13.0 Å². The van der Waals surface area contributed by atoms with Crippen molar-refractivity contribution in [2.45, 2.75) is 18.0 Å². The fraction of sp³-hybridized carbons (Fsp3) is 0.300. The molecular formula is C10H8F3NO2S. The summed E-state index contributed by atoms with van der Waals surface area (Å²) < 4.78 is 61.2. The molecule has 1 aromatic rings. The lowest BCUT2D eigenvalue weighted by atomic mass is 10.1. The Bertz CT molecular complexity index is 570. The maximum Gasteiger partial charge on any atom is 0.417 e. The van der Waals surface area contributed by atoms with E-state index >= 15 is 0 Å². The molecule has 92 valence electrons. The first-order chi connectivity index (χ1) is 7.70. The summed E-state index contributed by atoms with van der Waals surface area (Å²) in [6.45, 7) is 7.74. The van der Waals surface area contributed by atoms with Crippen LogP contribution >= 0.6 is 0 Å². The van der Waals surface area contributed by atoms with E-state index in [0.29, 0.717) is 6.07 Å². The fourth-order valence-corrected chi connectivity index (χ4v) is 2.81. The second kappa shape index (κ2) is 4.37. The molecule has 0 radical (unpaired) electrons. The number of rotatable bonds is 2. The Hall–Kier alpha value is -1.55. The summed E-state index contributed by atoms with van der Waals surface area (Å²) in [7, 11) is -4.23. The minimum atomic E-state index is -4.75. The number of hydrogen-bond donors (Lipinski definition) is 0. The summed E-state index contributed by atoms with van der Waals surface area (Å²) in [5.41, 5.74) is -1.23. The minimum Gasteiger partial charge on any atom is -0.299 e. The molecule has 0 N–H and O–H groups in total. The van der Waals surface area contributed by atoms with Crippen molar-refractivity contribution in [3.63, 3.8) is 0 Å². The van der Waals surface area contributed by atoms with Gasteiger partial charge in [-0.15, -0.1) is 0 Å². The molecule has 0 aromatic heterocycles. The molecule has 3 nitrogen and oxygen atoms in total. The van der Waals surface area contributed by atoms with E-state index in [4.69, 9.17) is 6.57 Å². The standard InChI is InChI=1S/C10H8F3NO2S/c1-7-4-3-5-8(10(11,12)13)9(7)17(15,16)6-14-2/h3-5H,6H2,1H3. The maximum atomic E-state index is 12.7. The van der Waals surface area contributed by atoms with Crippen LogP contribution in [0.15, 0.2) is 23.1 Å². The van der Waals surface area contributed by atoms with Crippen molar-refractivity contribution in [1.82, 2.24) is 0 Å². The lowest BCUT2D eigenvalue weighted by molar-refractivity contribution is -0.139. The molecule has 0 atom stereocenters.